The Morgan fingerprint density at radius 1 is 1.30 bits per heavy atom. The maximum atomic E-state index is 5.75. The van der Waals surface area contributed by atoms with Gasteiger partial charge in [-0.3, -0.25) is 0 Å². The molecule has 20 heavy (non-hydrogen) atoms. The van der Waals surface area contributed by atoms with Crippen LogP contribution in [0.5, 0.6) is 11.5 Å². The van der Waals surface area contributed by atoms with Gasteiger partial charge in [-0.05, 0) is 36.6 Å². The molecule has 0 bridgehead atoms. The van der Waals surface area contributed by atoms with Crippen molar-refractivity contribution in [2.24, 2.45) is 5.92 Å². The van der Waals surface area contributed by atoms with Gasteiger partial charge in [0.15, 0.2) is 11.5 Å². The second-order valence-electron chi connectivity index (χ2n) is 5.17. The van der Waals surface area contributed by atoms with Crippen molar-refractivity contribution >= 4 is 0 Å². The largest absolute Gasteiger partial charge is 0.493 e. The smallest absolute Gasteiger partial charge is 0.161 e. The van der Waals surface area contributed by atoms with Crippen LogP contribution < -0.4 is 14.8 Å². The number of methoxy groups -OCH3 is 1. The first-order valence-corrected chi connectivity index (χ1v) is 7.11. The normalized spacial score (nSPS) is 10.3. The fraction of sp³-hybridized carbons (Fsp3) is 0.529. The monoisotopic (exact) mass is 275 g/mol. The Morgan fingerprint density at radius 2 is 2.10 bits per heavy atom. The highest BCUT2D eigenvalue weighted by atomic mass is 16.5. The Hall–Kier alpha value is -1.66. The molecule has 1 aromatic carbocycles. The number of nitrogens with one attached hydrogen (secondary N) is 1. The zero-order chi connectivity index (χ0) is 14.8. The highest BCUT2D eigenvalue weighted by Gasteiger charge is 2.06. The molecule has 0 unspecified atom stereocenters. The number of unbranched alkanes of at least 4 members (excludes halogenated alkanes) is 1. The van der Waals surface area contributed by atoms with E-state index in [1.54, 1.807) is 7.11 Å². The van der Waals surface area contributed by atoms with E-state index in [9.17, 15) is 0 Å². The summed E-state index contributed by atoms with van der Waals surface area (Å²) >= 11 is 0. The molecule has 1 rings (SSSR count). The van der Waals surface area contributed by atoms with Crippen LogP contribution in [0.25, 0.3) is 0 Å². The molecule has 1 aromatic rings. The van der Waals surface area contributed by atoms with E-state index < -0.39 is 0 Å². The van der Waals surface area contributed by atoms with E-state index in [0.717, 1.165) is 37.4 Å². The number of rotatable bonds is 9. The molecule has 3 heteroatoms. The summed E-state index contributed by atoms with van der Waals surface area (Å²) in [5, 5.41) is 3.42. The molecule has 0 amide bonds. The molecule has 3 nitrogen and oxygen atoms in total. The minimum Gasteiger partial charge on any atom is -0.493 e. The Morgan fingerprint density at radius 3 is 2.75 bits per heavy atom. The van der Waals surface area contributed by atoms with Gasteiger partial charge in [-0.25, -0.2) is 0 Å². The number of hydrogen-bond donors (Lipinski definition) is 1. The zero-order valence-electron chi connectivity index (χ0n) is 12.7. The molecule has 0 aliphatic carbocycles. The van der Waals surface area contributed by atoms with Gasteiger partial charge in [0.05, 0.1) is 13.7 Å². The van der Waals surface area contributed by atoms with E-state index in [2.05, 4.69) is 31.2 Å². The van der Waals surface area contributed by atoms with Gasteiger partial charge in [0.2, 0.25) is 0 Å². The Kier molecular flexibility index (Phi) is 7.60. The van der Waals surface area contributed by atoms with E-state index in [1.165, 1.54) is 5.56 Å². The second-order valence-corrected chi connectivity index (χ2v) is 5.17. The molecule has 0 heterocycles. The summed E-state index contributed by atoms with van der Waals surface area (Å²) in [7, 11) is 1.65. The average molecular weight is 275 g/mol. The molecule has 0 aromatic heterocycles. The van der Waals surface area contributed by atoms with Gasteiger partial charge in [0.25, 0.3) is 0 Å². The van der Waals surface area contributed by atoms with Crippen molar-refractivity contribution in [3.63, 3.8) is 0 Å². The topological polar surface area (TPSA) is 30.5 Å². The van der Waals surface area contributed by atoms with Gasteiger partial charge in [0.1, 0.15) is 0 Å². The van der Waals surface area contributed by atoms with Crippen molar-refractivity contribution in [1.82, 2.24) is 5.32 Å². The highest BCUT2D eigenvalue weighted by Crippen LogP contribution is 2.28. The summed E-state index contributed by atoms with van der Waals surface area (Å²) in [6, 6.07) is 6.03. The lowest BCUT2D eigenvalue weighted by molar-refractivity contribution is 0.290. The fourth-order valence-electron chi connectivity index (χ4n) is 1.81. The molecule has 0 saturated heterocycles. The Bertz CT molecular complexity index is 435. The van der Waals surface area contributed by atoms with Crippen molar-refractivity contribution in [2.45, 2.75) is 33.2 Å². The molecule has 0 saturated carbocycles. The lowest BCUT2D eigenvalue weighted by atomic mass is 10.2. The summed E-state index contributed by atoms with van der Waals surface area (Å²) in [4.78, 5) is 0. The Labute approximate surface area is 122 Å². The summed E-state index contributed by atoms with van der Waals surface area (Å²) in [5.74, 6) is 4.81. The molecule has 0 fully saturated rings. The van der Waals surface area contributed by atoms with Gasteiger partial charge in [0, 0.05) is 13.0 Å². The lowest BCUT2D eigenvalue weighted by Crippen LogP contribution is -2.18. The van der Waals surface area contributed by atoms with Crippen LogP contribution in [0, 0.1) is 18.3 Å². The number of terminal acetylenes is 1. The highest BCUT2D eigenvalue weighted by molar-refractivity contribution is 5.42. The van der Waals surface area contributed by atoms with Crippen molar-refractivity contribution < 1.29 is 9.47 Å². The third-order valence-corrected chi connectivity index (χ3v) is 2.83. The van der Waals surface area contributed by atoms with Crippen LogP contribution >= 0.6 is 0 Å². The molecular weight excluding hydrogens is 250 g/mol. The number of ether oxygens (including phenoxy) is 2. The molecule has 0 aliphatic heterocycles. The summed E-state index contributed by atoms with van der Waals surface area (Å²) in [6.45, 7) is 6.85. The molecule has 1 N–H and O–H groups in total. The van der Waals surface area contributed by atoms with Crippen LogP contribution in [0.15, 0.2) is 18.2 Å². The first-order valence-electron chi connectivity index (χ1n) is 7.11. The second kappa shape index (κ2) is 9.28. The Balaban J connectivity index is 2.58. The van der Waals surface area contributed by atoms with Gasteiger partial charge in [-0.2, -0.15) is 0 Å². The molecule has 0 radical (unpaired) electrons. The third-order valence-electron chi connectivity index (χ3n) is 2.83. The van der Waals surface area contributed by atoms with Gasteiger partial charge in [-0.1, -0.05) is 19.9 Å². The van der Waals surface area contributed by atoms with Crippen molar-refractivity contribution in [2.75, 3.05) is 20.3 Å². The zero-order valence-corrected chi connectivity index (χ0v) is 12.7. The predicted molar refractivity (Wildman–Crippen MR) is 83.1 cm³/mol. The standard InChI is InChI=1S/C17H25NO2/c1-5-6-7-10-20-17-11-15(8-9-16(17)19-4)13-18-12-14(2)3/h1,8-9,11,14,18H,6-7,10,12-13H2,2-4H3. The maximum Gasteiger partial charge on any atom is 0.161 e. The van der Waals surface area contributed by atoms with E-state index in [0.29, 0.717) is 12.5 Å². The molecule has 110 valence electrons. The lowest BCUT2D eigenvalue weighted by Gasteiger charge is -2.13. The summed E-state index contributed by atoms with van der Waals surface area (Å²) < 4.78 is 11.1. The molecule has 0 aliphatic rings. The molecular formula is C17H25NO2. The van der Waals surface area contributed by atoms with E-state index >= 15 is 0 Å². The minimum atomic E-state index is 0.615. The SMILES string of the molecule is C#CCCCOc1cc(CNCC(C)C)ccc1OC. The third kappa shape index (κ3) is 5.99. The van der Waals surface area contributed by atoms with Crippen LogP contribution in [-0.4, -0.2) is 20.3 Å². The number of benzene rings is 1. The van der Waals surface area contributed by atoms with Gasteiger partial charge in [-0.15, -0.1) is 12.3 Å². The summed E-state index contributed by atoms with van der Waals surface area (Å²) in [5.41, 5.74) is 1.19. The first-order chi connectivity index (χ1) is 9.67. The molecule has 0 atom stereocenters. The van der Waals surface area contributed by atoms with Crippen molar-refractivity contribution in [1.29, 1.82) is 0 Å². The van der Waals surface area contributed by atoms with Crippen molar-refractivity contribution in [3.8, 4) is 23.8 Å². The van der Waals surface area contributed by atoms with Crippen LogP contribution in [-0.2, 0) is 6.54 Å². The number of hydrogen-bond acceptors (Lipinski definition) is 3. The first kappa shape index (κ1) is 16.4. The fourth-order valence-corrected chi connectivity index (χ4v) is 1.81. The predicted octanol–water partition coefficient (Wildman–Crippen LogP) is 3.23. The van der Waals surface area contributed by atoms with E-state index in [1.807, 2.05) is 12.1 Å². The van der Waals surface area contributed by atoms with Crippen LogP contribution in [0.1, 0.15) is 32.3 Å². The minimum absolute atomic E-state index is 0.615. The summed E-state index contributed by atoms with van der Waals surface area (Å²) in [6.07, 6.45) is 6.82. The van der Waals surface area contributed by atoms with Crippen LogP contribution in [0.3, 0.4) is 0 Å². The van der Waals surface area contributed by atoms with Crippen LogP contribution in [0.2, 0.25) is 0 Å². The molecule has 0 spiro atoms. The van der Waals surface area contributed by atoms with Crippen molar-refractivity contribution in [3.05, 3.63) is 23.8 Å². The van der Waals surface area contributed by atoms with Gasteiger partial charge >= 0.3 is 0 Å². The van der Waals surface area contributed by atoms with Crippen LogP contribution in [0.4, 0.5) is 0 Å². The average Bonchev–Trinajstić information content (AvgIpc) is 2.43. The quantitative estimate of drug-likeness (QED) is 0.554. The maximum absolute atomic E-state index is 5.75. The van der Waals surface area contributed by atoms with Gasteiger partial charge < -0.3 is 14.8 Å². The van der Waals surface area contributed by atoms with E-state index in [4.69, 9.17) is 15.9 Å². The van der Waals surface area contributed by atoms with E-state index in [-0.39, 0.29) is 0 Å².